The van der Waals surface area contributed by atoms with Crippen LogP contribution in [-0.2, 0) is 18.3 Å². The molecule has 0 saturated carbocycles. The highest BCUT2D eigenvalue weighted by atomic mass is 16.2. The maximum Gasteiger partial charge on any atom is 0.270 e. The molecule has 4 rings (SSSR count). The molecule has 0 aliphatic carbocycles. The van der Waals surface area contributed by atoms with Crippen LogP contribution in [0.5, 0.6) is 0 Å². The van der Waals surface area contributed by atoms with Crippen LogP contribution in [-0.4, -0.2) is 48.6 Å². The second-order valence-corrected chi connectivity index (χ2v) is 6.98. The number of aryl methyl sites for hydroxylation is 2. The van der Waals surface area contributed by atoms with E-state index < -0.39 is 0 Å². The first kappa shape index (κ1) is 17.4. The zero-order valence-electron chi connectivity index (χ0n) is 15.3. The number of para-hydroxylation sites is 2. The Balaban J connectivity index is 1.36. The quantitative estimate of drug-likeness (QED) is 0.753. The summed E-state index contributed by atoms with van der Waals surface area (Å²) in [6.45, 7) is 1.41. The summed E-state index contributed by atoms with van der Waals surface area (Å²) in [7, 11) is 1.95. The molecule has 1 saturated heterocycles. The summed E-state index contributed by atoms with van der Waals surface area (Å²) in [5, 5.41) is 8.12. The van der Waals surface area contributed by atoms with Gasteiger partial charge in [-0.1, -0.05) is 12.1 Å². The Labute approximate surface area is 156 Å². The summed E-state index contributed by atoms with van der Waals surface area (Å²) >= 11 is 0. The monoisotopic (exact) mass is 366 g/mol. The number of nitrogens with zero attached hydrogens (tertiary/aromatic N) is 5. The highest BCUT2D eigenvalue weighted by Gasteiger charge is 2.26. The second kappa shape index (κ2) is 7.30. The zero-order chi connectivity index (χ0) is 18.8. The van der Waals surface area contributed by atoms with Gasteiger partial charge in [-0.3, -0.25) is 9.59 Å². The Bertz CT molecular complexity index is 1020. The van der Waals surface area contributed by atoms with Gasteiger partial charge in [-0.15, -0.1) is 10.2 Å². The first-order valence-corrected chi connectivity index (χ1v) is 9.21. The fraction of sp³-hybridized carbons (Fsp3) is 0.421. The first-order chi connectivity index (χ1) is 13.1. The Hall–Kier alpha value is -3.03. The van der Waals surface area contributed by atoms with Crippen LogP contribution < -0.4 is 5.56 Å². The summed E-state index contributed by atoms with van der Waals surface area (Å²) in [5.41, 5.74) is 1.64. The van der Waals surface area contributed by atoms with Crippen molar-refractivity contribution in [2.75, 3.05) is 13.1 Å². The van der Waals surface area contributed by atoms with Crippen molar-refractivity contribution < 1.29 is 4.79 Å². The second-order valence-electron chi connectivity index (χ2n) is 6.98. The molecule has 1 amide bonds. The average Bonchev–Trinajstić information content (AvgIpc) is 3.12. The lowest BCUT2D eigenvalue weighted by molar-refractivity contribution is -0.132. The van der Waals surface area contributed by atoms with Crippen LogP contribution in [0.1, 0.15) is 36.7 Å². The molecule has 27 heavy (non-hydrogen) atoms. The van der Waals surface area contributed by atoms with E-state index in [9.17, 15) is 9.59 Å². The topological polar surface area (TPSA) is 96.8 Å². The number of hydrogen-bond acceptors (Lipinski definition) is 5. The molecular weight excluding hydrogens is 344 g/mol. The van der Waals surface area contributed by atoms with Gasteiger partial charge in [-0.2, -0.15) is 0 Å². The number of aromatic nitrogens is 5. The van der Waals surface area contributed by atoms with E-state index in [1.165, 1.54) is 0 Å². The summed E-state index contributed by atoms with van der Waals surface area (Å²) in [4.78, 5) is 33.9. The SMILES string of the molecule is Cn1cnnc1C1CCN(C(=O)CCc2nc3ccccc3[nH]c2=O)CC1. The number of amides is 1. The van der Waals surface area contributed by atoms with Gasteiger partial charge in [-0.05, 0) is 25.0 Å². The number of carbonyl (C=O) groups excluding carboxylic acids is 1. The van der Waals surface area contributed by atoms with Crippen molar-refractivity contribution in [3.8, 4) is 0 Å². The predicted octanol–water partition coefficient (Wildman–Crippen LogP) is 1.39. The molecule has 1 N–H and O–H groups in total. The van der Waals surface area contributed by atoms with E-state index in [0.717, 1.165) is 24.2 Å². The minimum Gasteiger partial charge on any atom is -0.343 e. The van der Waals surface area contributed by atoms with Crippen LogP contribution in [0.25, 0.3) is 11.0 Å². The Kier molecular flexibility index (Phi) is 4.70. The van der Waals surface area contributed by atoms with Gasteiger partial charge < -0.3 is 14.5 Å². The largest absolute Gasteiger partial charge is 0.343 e. The molecular formula is C19H22N6O2. The number of piperidine rings is 1. The molecule has 0 radical (unpaired) electrons. The lowest BCUT2D eigenvalue weighted by Gasteiger charge is -2.31. The third-order valence-electron chi connectivity index (χ3n) is 5.20. The van der Waals surface area contributed by atoms with Crippen molar-refractivity contribution >= 4 is 16.9 Å². The third kappa shape index (κ3) is 3.60. The minimum absolute atomic E-state index is 0.0702. The van der Waals surface area contributed by atoms with Crippen molar-refractivity contribution in [3.05, 3.63) is 52.5 Å². The van der Waals surface area contributed by atoms with Crippen molar-refractivity contribution in [2.24, 2.45) is 7.05 Å². The molecule has 2 aromatic heterocycles. The number of fused-ring (bicyclic) bond motifs is 1. The number of nitrogens with one attached hydrogen (secondary N) is 1. The molecule has 1 aromatic carbocycles. The molecule has 1 aliphatic heterocycles. The lowest BCUT2D eigenvalue weighted by Crippen LogP contribution is -2.38. The van der Waals surface area contributed by atoms with E-state index in [2.05, 4.69) is 20.2 Å². The van der Waals surface area contributed by atoms with Crippen LogP contribution in [0.2, 0.25) is 0 Å². The fourth-order valence-electron chi connectivity index (χ4n) is 3.67. The van der Waals surface area contributed by atoms with E-state index in [-0.39, 0.29) is 11.5 Å². The Morgan fingerprint density at radius 2 is 2.04 bits per heavy atom. The number of rotatable bonds is 4. The van der Waals surface area contributed by atoms with E-state index >= 15 is 0 Å². The standard InChI is InChI=1S/C19H22N6O2/c1-24-12-20-23-18(24)13-8-10-25(11-9-13)17(26)7-6-16-19(27)22-15-5-3-2-4-14(15)21-16/h2-5,12-13H,6-11H2,1H3,(H,22,27). The summed E-state index contributed by atoms with van der Waals surface area (Å²) < 4.78 is 1.94. The van der Waals surface area contributed by atoms with Gasteiger partial charge in [0.25, 0.3) is 5.56 Å². The van der Waals surface area contributed by atoms with Gasteiger partial charge in [0.2, 0.25) is 5.91 Å². The van der Waals surface area contributed by atoms with E-state index in [0.29, 0.717) is 43.1 Å². The van der Waals surface area contributed by atoms with Gasteiger partial charge in [-0.25, -0.2) is 4.98 Å². The number of hydrogen-bond donors (Lipinski definition) is 1. The van der Waals surface area contributed by atoms with Crippen LogP contribution in [0.15, 0.2) is 35.4 Å². The van der Waals surface area contributed by atoms with Crippen LogP contribution >= 0.6 is 0 Å². The molecule has 3 heterocycles. The number of likely N-dealkylation sites (tertiary alicyclic amines) is 1. The maximum atomic E-state index is 12.6. The average molecular weight is 366 g/mol. The number of benzene rings is 1. The first-order valence-electron chi connectivity index (χ1n) is 9.21. The molecule has 0 spiro atoms. The lowest BCUT2D eigenvalue weighted by atomic mass is 9.95. The van der Waals surface area contributed by atoms with E-state index in [1.807, 2.05) is 40.8 Å². The molecule has 8 heteroatoms. The highest BCUT2D eigenvalue weighted by Crippen LogP contribution is 2.26. The van der Waals surface area contributed by atoms with E-state index in [1.54, 1.807) is 6.33 Å². The molecule has 140 valence electrons. The van der Waals surface area contributed by atoms with Crippen LogP contribution in [0.3, 0.4) is 0 Å². The Morgan fingerprint density at radius 3 is 2.78 bits per heavy atom. The maximum absolute atomic E-state index is 12.6. The number of carbonyl (C=O) groups is 1. The van der Waals surface area contributed by atoms with Crippen LogP contribution in [0.4, 0.5) is 0 Å². The molecule has 0 unspecified atom stereocenters. The smallest absolute Gasteiger partial charge is 0.270 e. The van der Waals surface area contributed by atoms with Crippen molar-refractivity contribution in [2.45, 2.75) is 31.6 Å². The summed E-state index contributed by atoms with van der Waals surface area (Å²) in [6, 6.07) is 7.41. The minimum atomic E-state index is -0.220. The predicted molar refractivity (Wildman–Crippen MR) is 100 cm³/mol. The highest BCUT2D eigenvalue weighted by molar-refractivity contribution is 5.77. The van der Waals surface area contributed by atoms with Gasteiger partial charge in [0.05, 0.1) is 11.0 Å². The van der Waals surface area contributed by atoms with Gasteiger partial charge in [0.15, 0.2) is 0 Å². The van der Waals surface area contributed by atoms with Crippen molar-refractivity contribution in [3.63, 3.8) is 0 Å². The normalized spacial score (nSPS) is 15.4. The third-order valence-corrected chi connectivity index (χ3v) is 5.20. The zero-order valence-corrected chi connectivity index (χ0v) is 15.3. The molecule has 0 bridgehead atoms. The van der Waals surface area contributed by atoms with Crippen molar-refractivity contribution in [1.82, 2.24) is 29.6 Å². The molecule has 1 aliphatic rings. The van der Waals surface area contributed by atoms with E-state index in [4.69, 9.17) is 0 Å². The fourth-order valence-corrected chi connectivity index (χ4v) is 3.67. The van der Waals surface area contributed by atoms with Gasteiger partial charge >= 0.3 is 0 Å². The molecule has 1 fully saturated rings. The molecule has 3 aromatic rings. The number of H-pyrrole nitrogens is 1. The van der Waals surface area contributed by atoms with Crippen molar-refractivity contribution in [1.29, 1.82) is 0 Å². The summed E-state index contributed by atoms with van der Waals surface area (Å²) in [6.07, 6.45) is 4.12. The summed E-state index contributed by atoms with van der Waals surface area (Å²) in [5.74, 6) is 1.39. The van der Waals surface area contributed by atoms with Gasteiger partial charge in [0, 0.05) is 38.9 Å². The number of aromatic amines is 1. The van der Waals surface area contributed by atoms with Gasteiger partial charge in [0.1, 0.15) is 17.8 Å². The Morgan fingerprint density at radius 1 is 1.26 bits per heavy atom. The molecule has 0 atom stereocenters. The molecule has 8 nitrogen and oxygen atoms in total. The van der Waals surface area contributed by atoms with Crippen LogP contribution in [0, 0.1) is 0 Å².